The van der Waals surface area contributed by atoms with Crippen LogP contribution in [0.4, 0.5) is 5.69 Å². The summed E-state index contributed by atoms with van der Waals surface area (Å²) in [5.41, 5.74) is 5.25. The Labute approximate surface area is 142 Å². The number of hydrogen-bond acceptors (Lipinski definition) is 3. The van der Waals surface area contributed by atoms with Gasteiger partial charge in [0.25, 0.3) is 0 Å². The lowest BCUT2D eigenvalue weighted by molar-refractivity contribution is 0.563. The second kappa shape index (κ2) is 6.52. The molecular formula is C21H23NO2. The quantitative estimate of drug-likeness (QED) is 0.639. The molecular weight excluding hydrogens is 298 g/mol. The Morgan fingerprint density at radius 3 is 2.33 bits per heavy atom. The first-order valence-corrected chi connectivity index (χ1v) is 8.44. The van der Waals surface area contributed by atoms with Crippen LogP contribution in [0.1, 0.15) is 25.0 Å². The van der Waals surface area contributed by atoms with Gasteiger partial charge < -0.3 is 9.32 Å². The zero-order chi connectivity index (χ0) is 17.3. The highest BCUT2D eigenvalue weighted by Crippen LogP contribution is 2.27. The summed E-state index contributed by atoms with van der Waals surface area (Å²) in [6.07, 6.45) is 0. The number of hydrogen-bond donors (Lipinski definition) is 0. The predicted octanol–water partition coefficient (Wildman–Crippen LogP) is 4.92. The van der Waals surface area contributed by atoms with Crippen molar-refractivity contribution < 1.29 is 4.42 Å². The van der Waals surface area contributed by atoms with Crippen molar-refractivity contribution in [3.8, 4) is 11.1 Å². The molecule has 3 heteroatoms. The van der Waals surface area contributed by atoms with E-state index >= 15 is 0 Å². The van der Waals surface area contributed by atoms with Crippen molar-refractivity contribution >= 4 is 16.7 Å². The molecule has 3 nitrogen and oxygen atoms in total. The van der Waals surface area contributed by atoms with Gasteiger partial charge in [-0.15, -0.1) is 0 Å². The summed E-state index contributed by atoms with van der Waals surface area (Å²) in [6.45, 7) is 10.2. The molecule has 0 radical (unpaired) electrons. The van der Waals surface area contributed by atoms with Gasteiger partial charge in [0.2, 0.25) is 0 Å². The topological polar surface area (TPSA) is 33.5 Å². The van der Waals surface area contributed by atoms with Crippen molar-refractivity contribution in [3.63, 3.8) is 0 Å². The average molecular weight is 321 g/mol. The maximum atomic E-state index is 12.5. The minimum Gasteiger partial charge on any atom is -0.422 e. The Morgan fingerprint density at radius 2 is 1.67 bits per heavy atom. The monoisotopic (exact) mass is 321 g/mol. The molecule has 3 aromatic rings. The minimum absolute atomic E-state index is 0.286. The lowest BCUT2D eigenvalue weighted by Crippen LogP contribution is -2.21. The van der Waals surface area contributed by atoms with E-state index in [0.29, 0.717) is 11.1 Å². The highest BCUT2D eigenvalue weighted by atomic mass is 16.4. The molecule has 1 aromatic heterocycles. The molecule has 0 spiro atoms. The second-order valence-electron chi connectivity index (χ2n) is 6.16. The Balaban J connectivity index is 2.14. The summed E-state index contributed by atoms with van der Waals surface area (Å²) < 4.78 is 5.63. The molecule has 24 heavy (non-hydrogen) atoms. The summed E-state index contributed by atoms with van der Waals surface area (Å²) in [7, 11) is 0. The van der Waals surface area contributed by atoms with Crippen LogP contribution in [0.25, 0.3) is 22.1 Å². The molecule has 124 valence electrons. The van der Waals surface area contributed by atoms with E-state index in [-0.39, 0.29) is 5.63 Å². The zero-order valence-corrected chi connectivity index (χ0v) is 14.7. The Morgan fingerprint density at radius 1 is 0.917 bits per heavy atom. The molecule has 0 amide bonds. The molecule has 0 atom stereocenters. The van der Waals surface area contributed by atoms with Gasteiger partial charge in [-0.05, 0) is 57.0 Å². The molecule has 0 saturated heterocycles. The fourth-order valence-electron chi connectivity index (χ4n) is 3.19. The first-order chi connectivity index (χ1) is 11.5. The van der Waals surface area contributed by atoms with E-state index in [1.165, 1.54) is 5.56 Å². The van der Waals surface area contributed by atoms with Crippen LogP contribution >= 0.6 is 0 Å². The third kappa shape index (κ3) is 2.94. The smallest absolute Gasteiger partial charge is 0.344 e. The highest BCUT2D eigenvalue weighted by molar-refractivity contribution is 5.85. The lowest BCUT2D eigenvalue weighted by Gasteiger charge is -2.21. The molecule has 0 aliphatic carbocycles. The normalized spacial score (nSPS) is 11.0. The van der Waals surface area contributed by atoms with Gasteiger partial charge in [0, 0.05) is 30.2 Å². The molecule has 0 aliphatic rings. The number of nitrogens with zero attached hydrogens (tertiary/aromatic N) is 1. The zero-order valence-electron chi connectivity index (χ0n) is 14.7. The summed E-state index contributed by atoms with van der Waals surface area (Å²) >= 11 is 0. The van der Waals surface area contributed by atoms with Gasteiger partial charge in [-0.1, -0.05) is 23.8 Å². The summed E-state index contributed by atoms with van der Waals surface area (Å²) in [5.74, 6) is 0. The van der Waals surface area contributed by atoms with Crippen molar-refractivity contribution in [2.75, 3.05) is 18.0 Å². The van der Waals surface area contributed by atoms with Crippen molar-refractivity contribution in [3.05, 3.63) is 64.0 Å². The average Bonchev–Trinajstić information content (AvgIpc) is 2.56. The second-order valence-corrected chi connectivity index (χ2v) is 6.16. The maximum Gasteiger partial charge on any atom is 0.344 e. The third-order valence-electron chi connectivity index (χ3n) is 4.52. The van der Waals surface area contributed by atoms with Crippen molar-refractivity contribution in [1.29, 1.82) is 0 Å². The van der Waals surface area contributed by atoms with Gasteiger partial charge in [0.15, 0.2) is 0 Å². The van der Waals surface area contributed by atoms with Crippen molar-refractivity contribution in [1.82, 2.24) is 0 Å². The minimum atomic E-state index is -0.286. The third-order valence-corrected chi connectivity index (χ3v) is 4.52. The first kappa shape index (κ1) is 16.3. The van der Waals surface area contributed by atoms with Crippen molar-refractivity contribution in [2.45, 2.75) is 27.7 Å². The summed E-state index contributed by atoms with van der Waals surface area (Å²) in [5, 5.41) is 0.945. The van der Waals surface area contributed by atoms with Gasteiger partial charge in [0.1, 0.15) is 5.58 Å². The molecule has 1 heterocycles. The van der Waals surface area contributed by atoms with Crippen LogP contribution < -0.4 is 10.5 Å². The van der Waals surface area contributed by atoms with Gasteiger partial charge in [-0.2, -0.15) is 0 Å². The number of rotatable bonds is 4. The van der Waals surface area contributed by atoms with Crippen LogP contribution in [0.15, 0.2) is 51.7 Å². The number of anilines is 1. The molecule has 0 N–H and O–H groups in total. The maximum absolute atomic E-state index is 12.5. The highest BCUT2D eigenvalue weighted by Gasteiger charge is 2.11. The molecule has 0 aliphatic heterocycles. The number of benzene rings is 2. The van der Waals surface area contributed by atoms with Crippen LogP contribution in [0.5, 0.6) is 0 Å². The number of fused-ring (bicyclic) bond motifs is 1. The predicted molar refractivity (Wildman–Crippen MR) is 101 cm³/mol. The summed E-state index contributed by atoms with van der Waals surface area (Å²) in [4.78, 5) is 14.7. The molecule has 2 aromatic carbocycles. The molecule has 0 saturated carbocycles. The van der Waals surface area contributed by atoms with Gasteiger partial charge in [-0.3, -0.25) is 0 Å². The van der Waals surface area contributed by atoms with E-state index in [2.05, 4.69) is 30.9 Å². The summed E-state index contributed by atoms with van der Waals surface area (Å²) in [6, 6.07) is 14.1. The van der Waals surface area contributed by atoms with E-state index in [1.807, 2.05) is 44.2 Å². The van der Waals surface area contributed by atoms with E-state index in [1.54, 1.807) is 0 Å². The van der Waals surface area contributed by atoms with Crippen LogP contribution in [-0.4, -0.2) is 13.1 Å². The first-order valence-electron chi connectivity index (χ1n) is 8.44. The van der Waals surface area contributed by atoms with Crippen LogP contribution in [-0.2, 0) is 0 Å². The number of aryl methyl sites for hydroxylation is 2. The molecule has 3 rings (SSSR count). The van der Waals surface area contributed by atoms with E-state index in [0.717, 1.165) is 35.3 Å². The SMILES string of the molecule is CCN(CC)c1ccc2cc(-c3ccc(C)cc3C)c(=O)oc2c1. The van der Waals surface area contributed by atoms with E-state index in [4.69, 9.17) is 4.42 Å². The van der Waals surface area contributed by atoms with Crippen LogP contribution in [0, 0.1) is 13.8 Å². The Kier molecular flexibility index (Phi) is 4.43. The molecule has 0 fully saturated rings. The molecule has 0 bridgehead atoms. The van der Waals surface area contributed by atoms with Crippen LogP contribution in [0.3, 0.4) is 0 Å². The van der Waals surface area contributed by atoms with Crippen LogP contribution in [0.2, 0.25) is 0 Å². The Hall–Kier alpha value is -2.55. The lowest BCUT2D eigenvalue weighted by atomic mass is 9.99. The van der Waals surface area contributed by atoms with Gasteiger partial charge in [0.05, 0.1) is 5.56 Å². The van der Waals surface area contributed by atoms with Crippen molar-refractivity contribution in [2.24, 2.45) is 0 Å². The fourth-order valence-corrected chi connectivity index (χ4v) is 3.19. The fraction of sp³-hybridized carbons (Fsp3) is 0.286. The van der Waals surface area contributed by atoms with Gasteiger partial charge in [-0.25, -0.2) is 4.79 Å². The standard InChI is InChI=1S/C21H23NO2/c1-5-22(6-2)17-9-8-16-12-19(21(23)24-20(16)13-17)18-10-7-14(3)11-15(18)4/h7-13H,5-6H2,1-4H3. The largest absolute Gasteiger partial charge is 0.422 e. The van der Waals surface area contributed by atoms with E-state index in [9.17, 15) is 4.79 Å². The van der Waals surface area contributed by atoms with Gasteiger partial charge >= 0.3 is 5.63 Å². The molecule has 0 unspecified atom stereocenters. The Bertz CT molecular complexity index is 936. The van der Waals surface area contributed by atoms with E-state index < -0.39 is 0 Å².